The second kappa shape index (κ2) is 6.86. The highest BCUT2D eigenvalue weighted by Gasteiger charge is 2.19. The first-order valence-corrected chi connectivity index (χ1v) is 8.02. The molecule has 1 aromatic heterocycles. The van der Waals surface area contributed by atoms with Gasteiger partial charge in [0.25, 0.3) is 0 Å². The van der Waals surface area contributed by atoms with Crippen molar-refractivity contribution in [2.24, 2.45) is 5.92 Å². The Balaban J connectivity index is 1.55. The molecule has 1 N–H and O–H groups in total. The number of amides is 1. The number of benzene rings is 1. The van der Waals surface area contributed by atoms with Crippen molar-refractivity contribution in [1.29, 1.82) is 0 Å². The number of aryl methyl sites for hydroxylation is 2. The average Bonchev–Trinajstić information content (AvgIpc) is 2.77. The van der Waals surface area contributed by atoms with E-state index in [0.717, 1.165) is 35.6 Å². The van der Waals surface area contributed by atoms with Gasteiger partial charge in [0.2, 0.25) is 5.91 Å². The third-order valence-electron chi connectivity index (χ3n) is 4.37. The van der Waals surface area contributed by atoms with E-state index in [1.165, 1.54) is 5.56 Å². The Morgan fingerprint density at radius 1 is 1.35 bits per heavy atom. The minimum atomic E-state index is 0.0119. The molecule has 1 amide bonds. The summed E-state index contributed by atoms with van der Waals surface area (Å²) in [5.41, 5.74) is 2.89. The lowest BCUT2D eigenvalue weighted by molar-refractivity contribution is -0.120. The first kappa shape index (κ1) is 15.6. The first-order chi connectivity index (χ1) is 11.1. The Morgan fingerprint density at radius 2 is 2.17 bits per heavy atom. The molecule has 0 bridgehead atoms. The summed E-state index contributed by atoms with van der Waals surface area (Å²) in [6, 6.07) is 8.12. The molecule has 0 spiro atoms. The Hall–Kier alpha value is -2.30. The van der Waals surface area contributed by atoms with E-state index in [1.54, 1.807) is 0 Å². The highest BCUT2D eigenvalue weighted by Crippen LogP contribution is 2.26. The molecule has 0 saturated carbocycles. The summed E-state index contributed by atoms with van der Waals surface area (Å²) < 4.78 is 10.9. The van der Waals surface area contributed by atoms with Crippen LogP contribution in [0.25, 0.3) is 0 Å². The SMILES string of the molecule is Cc1noc(C)c1CC(=O)NC[C@H]1CCOc2ccccc2C1. The van der Waals surface area contributed by atoms with Gasteiger partial charge in [-0.15, -0.1) is 0 Å². The summed E-state index contributed by atoms with van der Waals surface area (Å²) in [7, 11) is 0. The Bertz CT molecular complexity index is 674. The number of carbonyl (C=O) groups excluding carboxylic acids is 1. The quantitative estimate of drug-likeness (QED) is 0.942. The standard InChI is InChI=1S/C18H22N2O3/c1-12-16(13(2)23-20-12)10-18(21)19-11-14-7-8-22-17-6-4-3-5-15(17)9-14/h3-6,14H,7-11H2,1-2H3,(H,19,21)/t14-/m0/s1. The Kier molecular flexibility index (Phi) is 4.65. The van der Waals surface area contributed by atoms with Gasteiger partial charge in [0.05, 0.1) is 18.7 Å². The van der Waals surface area contributed by atoms with Gasteiger partial charge in [-0.2, -0.15) is 0 Å². The molecule has 0 unspecified atom stereocenters. The van der Waals surface area contributed by atoms with Crippen LogP contribution in [-0.2, 0) is 17.6 Å². The van der Waals surface area contributed by atoms with E-state index < -0.39 is 0 Å². The predicted octanol–water partition coefficient (Wildman–Crippen LogP) is 2.59. The van der Waals surface area contributed by atoms with E-state index in [0.29, 0.717) is 25.5 Å². The van der Waals surface area contributed by atoms with E-state index in [2.05, 4.69) is 16.5 Å². The third-order valence-corrected chi connectivity index (χ3v) is 4.37. The Labute approximate surface area is 136 Å². The number of para-hydroxylation sites is 1. The number of fused-ring (bicyclic) bond motifs is 1. The van der Waals surface area contributed by atoms with Crippen LogP contribution in [0, 0.1) is 19.8 Å². The number of nitrogens with one attached hydrogen (secondary N) is 1. The number of nitrogens with zero attached hydrogens (tertiary/aromatic N) is 1. The summed E-state index contributed by atoms with van der Waals surface area (Å²) in [5, 5.41) is 6.92. The molecule has 0 fully saturated rings. The topological polar surface area (TPSA) is 64.4 Å². The molecule has 23 heavy (non-hydrogen) atoms. The first-order valence-electron chi connectivity index (χ1n) is 8.02. The number of ether oxygens (including phenoxy) is 1. The van der Waals surface area contributed by atoms with Crippen molar-refractivity contribution in [3.05, 3.63) is 46.8 Å². The molecule has 1 atom stereocenters. The zero-order valence-electron chi connectivity index (χ0n) is 13.6. The highest BCUT2D eigenvalue weighted by molar-refractivity contribution is 5.79. The average molecular weight is 314 g/mol. The molecule has 2 heterocycles. The maximum Gasteiger partial charge on any atom is 0.224 e. The van der Waals surface area contributed by atoms with Crippen LogP contribution in [0.1, 0.15) is 29.0 Å². The predicted molar refractivity (Wildman–Crippen MR) is 86.4 cm³/mol. The number of hydrogen-bond acceptors (Lipinski definition) is 4. The van der Waals surface area contributed by atoms with Gasteiger partial charge in [0.15, 0.2) is 0 Å². The van der Waals surface area contributed by atoms with Crippen LogP contribution in [0.4, 0.5) is 0 Å². The van der Waals surface area contributed by atoms with Gasteiger partial charge >= 0.3 is 0 Å². The minimum absolute atomic E-state index is 0.0119. The minimum Gasteiger partial charge on any atom is -0.493 e. The second-order valence-corrected chi connectivity index (χ2v) is 6.10. The molecule has 1 aromatic carbocycles. The molecule has 3 rings (SSSR count). The molecular formula is C18H22N2O3. The summed E-state index contributed by atoms with van der Waals surface area (Å²) in [6.45, 7) is 5.06. The summed E-state index contributed by atoms with van der Waals surface area (Å²) in [6.07, 6.45) is 2.20. The van der Waals surface area contributed by atoms with E-state index in [9.17, 15) is 4.79 Å². The highest BCUT2D eigenvalue weighted by atomic mass is 16.5. The van der Waals surface area contributed by atoms with Gasteiger partial charge in [0.1, 0.15) is 11.5 Å². The number of aromatic nitrogens is 1. The van der Waals surface area contributed by atoms with Crippen LogP contribution in [-0.4, -0.2) is 24.2 Å². The molecule has 2 aromatic rings. The largest absolute Gasteiger partial charge is 0.493 e. The van der Waals surface area contributed by atoms with Crippen molar-refractivity contribution >= 4 is 5.91 Å². The van der Waals surface area contributed by atoms with Gasteiger partial charge in [-0.05, 0) is 44.2 Å². The molecule has 5 heteroatoms. The van der Waals surface area contributed by atoms with E-state index in [-0.39, 0.29) is 5.91 Å². The van der Waals surface area contributed by atoms with Gasteiger partial charge in [-0.25, -0.2) is 0 Å². The maximum atomic E-state index is 12.2. The zero-order valence-corrected chi connectivity index (χ0v) is 13.6. The molecular weight excluding hydrogens is 292 g/mol. The third kappa shape index (κ3) is 3.73. The summed E-state index contributed by atoms with van der Waals surface area (Å²) in [5.74, 6) is 2.09. The fourth-order valence-electron chi connectivity index (χ4n) is 2.97. The fraction of sp³-hybridized carbons (Fsp3) is 0.444. The van der Waals surface area contributed by atoms with Crippen LogP contribution in [0.3, 0.4) is 0 Å². The number of hydrogen-bond donors (Lipinski definition) is 1. The van der Waals surface area contributed by atoms with Crippen molar-refractivity contribution < 1.29 is 14.1 Å². The smallest absolute Gasteiger partial charge is 0.224 e. The van der Waals surface area contributed by atoms with Crippen molar-refractivity contribution in [3.63, 3.8) is 0 Å². The van der Waals surface area contributed by atoms with Crippen LogP contribution >= 0.6 is 0 Å². The van der Waals surface area contributed by atoms with Crippen molar-refractivity contribution in [1.82, 2.24) is 10.5 Å². The lowest BCUT2D eigenvalue weighted by atomic mass is 9.97. The molecule has 1 aliphatic rings. The molecule has 0 saturated heterocycles. The molecule has 1 aliphatic heterocycles. The molecule has 122 valence electrons. The Morgan fingerprint density at radius 3 is 2.96 bits per heavy atom. The molecule has 0 radical (unpaired) electrons. The van der Waals surface area contributed by atoms with Crippen LogP contribution in [0.2, 0.25) is 0 Å². The molecule has 5 nitrogen and oxygen atoms in total. The summed E-state index contributed by atoms with van der Waals surface area (Å²) in [4.78, 5) is 12.2. The van der Waals surface area contributed by atoms with Crippen molar-refractivity contribution in [3.8, 4) is 5.75 Å². The fourth-order valence-corrected chi connectivity index (χ4v) is 2.97. The van der Waals surface area contributed by atoms with Gasteiger partial charge in [-0.1, -0.05) is 23.4 Å². The summed E-state index contributed by atoms with van der Waals surface area (Å²) >= 11 is 0. The number of rotatable bonds is 4. The van der Waals surface area contributed by atoms with Crippen LogP contribution in [0.15, 0.2) is 28.8 Å². The number of carbonyl (C=O) groups is 1. The second-order valence-electron chi connectivity index (χ2n) is 6.10. The lowest BCUT2D eigenvalue weighted by Gasteiger charge is -2.14. The monoisotopic (exact) mass is 314 g/mol. The van der Waals surface area contributed by atoms with E-state index in [1.807, 2.05) is 32.0 Å². The van der Waals surface area contributed by atoms with Gasteiger partial charge < -0.3 is 14.6 Å². The van der Waals surface area contributed by atoms with E-state index in [4.69, 9.17) is 9.26 Å². The maximum absolute atomic E-state index is 12.2. The van der Waals surface area contributed by atoms with Crippen molar-refractivity contribution in [2.45, 2.75) is 33.1 Å². The van der Waals surface area contributed by atoms with Crippen molar-refractivity contribution in [2.75, 3.05) is 13.2 Å². The van der Waals surface area contributed by atoms with Crippen LogP contribution < -0.4 is 10.1 Å². The van der Waals surface area contributed by atoms with E-state index >= 15 is 0 Å². The van der Waals surface area contributed by atoms with Gasteiger partial charge in [-0.3, -0.25) is 4.79 Å². The normalized spacial score (nSPS) is 17.0. The zero-order chi connectivity index (χ0) is 16.2. The molecule has 0 aliphatic carbocycles. The van der Waals surface area contributed by atoms with Crippen LogP contribution in [0.5, 0.6) is 5.75 Å². The van der Waals surface area contributed by atoms with Gasteiger partial charge in [0, 0.05) is 12.1 Å². The lowest BCUT2D eigenvalue weighted by Crippen LogP contribution is -2.31.